The first-order valence-corrected chi connectivity index (χ1v) is 5.59. The van der Waals surface area contributed by atoms with Crippen molar-refractivity contribution >= 4 is 11.3 Å². The lowest BCUT2D eigenvalue weighted by atomic mass is 10.2. The summed E-state index contributed by atoms with van der Waals surface area (Å²) in [5.74, 6) is 0. The molecular formula is C11H12N2OS. The molecule has 0 aliphatic rings. The Labute approximate surface area is 91.8 Å². The molecule has 0 spiro atoms. The Morgan fingerprint density at radius 2 is 2.07 bits per heavy atom. The van der Waals surface area contributed by atoms with Crippen LogP contribution in [0.2, 0.25) is 0 Å². The van der Waals surface area contributed by atoms with E-state index in [2.05, 4.69) is 9.97 Å². The third-order valence-corrected chi connectivity index (χ3v) is 3.44. The van der Waals surface area contributed by atoms with Gasteiger partial charge in [-0.05, 0) is 37.8 Å². The second-order valence-corrected chi connectivity index (χ2v) is 4.47. The lowest BCUT2D eigenvalue weighted by molar-refractivity contribution is 1.02. The molecule has 2 aromatic rings. The van der Waals surface area contributed by atoms with Crippen molar-refractivity contribution in [1.82, 2.24) is 9.97 Å². The molecule has 0 unspecified atom stereocenters. The maximum absolute atomic E-state index is 11.7. The van der Waals surface area contributed by atoms with Crippen molar-refractivity contribution in [2.75, 3.05) is 0 Å². The van der Waals surface area contributed by atoms with E-state index < -0.39 is 0 Å². The first-order chi connectivity index (χ1) is 7.09. The van der Waals surface area contributed by atoms with Crippen molar-refractivity contribution < 1.29 is 0 Å². The highest BCUT2D eigenvalue weighted by atomic mass is 32.1. The molecule has 2 aromatic heterocycles. The van der Waals surface area contributed by atoms with Gasteiger partial charge >= 0.3 is 0 Å². The van der Waals surface area contributed by atoms with E-state index in [4.69, 9.17) is 0 Å². The number of aromatic nitrogens is 2. The van der Waals surface area contributed by atoms with E-state index in [1.165, 1.54) is 0 Å². The standard InChI is InChI=1S/C11H12N2OS/c1-6-4-5-15-10(6)9-11(14)13-8(3)7(2)12-9/h4-5H,1-3H3,(H,13,14). The number of nitrogens with one attached hydrogen (secondary N) is 1. The number of rotatable bonds is 1. The fourth-order valence-corrected chi connectivity index (χ4v) is 2.30. The minimum Gasteiger partial charge on any atom is -0.323 e. The zero-order chi connectivity index (χ0) is 11.0. The molecule has 4 heteroatoms. The van der Waals surface area contributed by atoms with Gasteiger partial charge < -0.3 is 4.98 Å². The Balaban J connectivity index is 2.69. The van der Waals surface area contributed by atoms with Crippen LogP contribution in [0.15, 0.2) is 16.2 Å². The molecule has 78 valence electrons. The molecule has 15 heavy (non-hydrogen) atoms. The van der Waals surface area contributed by atoms with E-state index in [-0.39, 0.29) is 5.56 Å². The Bertz CT molecular complexity index is 554. The van der Waals surface area contributed by atoms with Gasteiger partial charge in [-0.25, -0.2) is 4.98 Å². The third kappa shape index (κ3) is 1.72. The molecule has 0 atom stereocenters. The molecule has 2 heterocycles. The summed E-state index contributed by atoms with van der Waals surface area (Å²) in [6, 6.07) is 2.00. The lowest BCUT2D eigenvalue weighted by Crippen LogP contribution is -2.14. The van der Waals surface area contributed by atoms with Crippen LogP contribution >= 0.6 is 11.3 Å². The van der Waals surface area contributed by atoms with Crippen LogP contribution in [0, 0.1) is 20.8 Å². The Morgan fingerprint density at radius 1 is 1.33 bits per heavy atom. The van der Waals surface area contributed by atoms with E-state index in [9.17, 15) is 4.79 Å². The van der Waals surface area contributed by atoms with Crippen molar-refractivity contribution in [3.05, 3.63) is 38.8 Å². The summed E-state index contributed by atoms with van der Waals surface area (Å²) in [6.45, 7) is 5.74. The third-order valence-electron chi connectivity index (χ3n) is 2.42. The summed E-state index contributed by atoms with van der Waals surface area (Å²) in [6.07, 6.45) is 0. The second kappa shape index (κ2) is 3.62. The maximum atomic E-state index is 11.7. The molecule has 0 saturated carbocycles. The Morgan fingerprint density at radius 3 is 2.67 bits per heavy atom. The van der Waals surface area contributed by atoms with Gasteiger partial charge in [0.05, 0.1) is 10.6 Å². The molecule has 0 amide bonds. The Hall–Kier alpha value is -1.42. The molecule has 0 bridgehead atoms. The summed E-state index contributed by atoms with van der Waals surface area (Å²) < 4.78 is 0. The fraction of sp³-hybridized carbons (Fsp3) is 0.273. The molecule has 0 saturated heterocycles. The van der Waals surface area contributed by atoms with Crippen LogP contribution in [-0.4, -0.2) is 9.97 Å². The number of H-pyrrole nitrogens is 1. The van der Waals surface area contributed by atoms with Gasteiger partial charge in [-0.3, -0.25) is 4.79 Å². The topological polar surface area (TPSA) is 45.8 Å². The zero-order valence-corrected chi connectivity index (χ0v) is 9.73. The molecular weight excluding hydrogens is 208 g/mol. The average Bonchev–Trinajstić information content (AvgIpc) is 2.58. The van der Waals surface area contributed by atoms with E-state index in [1.807, 2.05) is 32.2 Å². The van der Waals surface area contributed by atoms with E-state index >= 15 is 0 Å². The fourth-order valence-electron chi connectivity index (χ4n) is 1.39. The molecule has 0 aliphatic heterocycles. The number of aromatic amines is 1. The molecule has 0 aromatic carbocycles. The van der Waals surface area contributed by atoms with Gasteiger partial charge in [0.2, 0.25) is 0 Å². The molecule has 0 radical (unpaired) electrons. The van der Waals surface area contributed by atoms with Crippen LogP contribution < -0.4 is 5.56 Å². The first-order valence-electron chi connectivity index (χ1n) is 4.71. The predicted octanol–water partition coefficient (Wildman–Crippen LogP) is 2.42. The van der Waals surface area contributed by atoms with Gasteiger partial charge in [-0.15, -0.1) is 11.3 Å². The SMILES string of the molecule is Cc1ccsc1-c1nc(C)c(C)[nH]c1=O. The van der Waals surface area contributed by atoms with Gasteiger partial charge in [0, 0.05) is 5.69 Å². The van der Waals surface area contributed by atoms with Crippen LogP contribution in [-0.2, 0) is 0 Å². The van der Waals surface area contributed by atoms with Crippen LogP contribution in [0.5, 0.6) is 0 Å². The highest BCUT2D eigenvalue weighted by Crippen LogP contribution is 2.24. The van der Waals surface area contributed by atoms with Crippen molar-refractivity contribution in [1.29, 1.82) is 0 Å². The molecule has 2 rings (SSSR count). The minimum absolute atomic E-state index is 0.108. The van der Waals surface area contributed by atoms with Gasteiger partial charge in [-0.2, -0.15) is 0 Å². The van der Waals surface area contributed by atoms with Crippen LogP contribution in [0.3, 0.4) is 0 Å². The Kier molecular flexibility index (Phi) is 2.44. The summed E-state index contributed by atoms with van der Waals surface area (Å²) >= 11 is 1.55. The van der Waals surface area contributed by atoms with E-state index in [1.54, 1.807) is 11.3 Å². The van der Waals surface area contributed by atoms with E-state index in [0.717, 1.165) is 21.8 Å². The number of hydrogen-bond donors (Lipinski definition) is 1. The number of hydrogen-bond acceptors (Lipinski definition) is 3. The highest BCUT2D eigenvalue weighted by molar-refractivity contribution is 7.13. The molecule has 3 nitrogen and oxygen atoms in total. The van der Waals surface area contributed by atoms with Crippen molar-refractivity contribution in [2.24, 2.45) is 0 Å². The molecule has 0 aliphatic carbocycles. The van der Waals surface area contributed by atoms with E-state index in [0.29, 0.717) is 5.69 Å². The van der Waals surface area contributed by atoms with Crippen LogP contribution in [0.25, 0.3) is 10.6 Å². The van der Waals surface area contributed by atoms with Gasteiger partial charge in [0.25, 0.3) is 5.56 Å². The zero-order valence-electron chi connectivity index (χ0n) is 8.92. The smallest absolute Gasteiger partial charge is 0.275 e. The largest absolute Gasteiger partial charge is 0.323 e. The van der Waals surface area contributed by atoms with Crippen molar-refractivity contribution in [2.45, 2.75) is 20.8 Å². The van der Waals surface area contributed by atoms with Crippen LogP contribution in [0.1, 0.15) is 17.0 Å². The molecule has 1 N–H and O–H groups in total. The molecule has 0 fully saturated rings. The summed E-state index contributed by atoms with van der Waals surface area (Å²) in [5, 5.41) is 1.97. The van der Waals surface area contributed by atoms with Gasteiger partial charge in [0.1, 0.15) is 5.69 Å². The van der Waals surface area contributed by atoms with Gasteiger partial charge in [0.15, 0.2) is 0 Å². The minimum atomic E-state index is -0.108. The predicted molar refractivity (Wildman–Crippen MR) is 62.4 cm³/mol. The average molecular weight is 220 g/mol. The van der Waals surface area contributed by atoms with Crippen molar-refractivity contribution in [3.63, 3.8) is 0 Å². The van der Waals surface area contributed by atoms with Gasteiger partial charge in [-0.1, -0.05) is 0 Å². The number of nitrogens with zero attached hydrogens (tertiary/aromatic N) is 1. The van der Waals surface area contributed by atoms with Crippen molar-refractivity contribution in [3.8, 4) is 10.6 Å². The maximum Gasteiger partial charge on any atom is 0.275 e. The highest BCUT2D eigenvalue weighted by Gasteiger charge is 2.10. The summed E-state index contributed by atoms with van der Waals surface area (Å²) in [4.78, 5) is 19.8. The summed E-state index contributed by atoms with van der Waals surface area (Å²) in [7, 11) is 0. The lowest BCUT2D eigenvalue weighted by Gasteiger charge is -2.02. The number of thiophene rings is 1. The monoisotopic (exact) mass is 220 g/mol. The normalized spacial score (nSPS) is 10.6. The quantitative estimate of drug-likeness (QED) is 0.802. The number of aryl methyl sites for hydroxylation is 3. The summed E-state index contributed by atoms with van der Waals surface area (Å²) in [5.41, 5.74) is 3.23. The first kappa shape index (κ1) is 10.1. The second-order valence-electron chi connectivity index (χ2n) is 3.56. The van der Waals surface area contributed by atoms with Crippen LogP contribution in [0.4, 0.5) is 0 Å².